The first-order valence-corrected chi connectivity index (χ1v) is 8.81. The van der Waals surface area contributed by atoms with Gasteiger partial charge in [-0.15, -0.1) is 0 Å². The molecular formula is C23H17N3O. The molecule has 2 aromatic heterocycles. The number of fused-ring (bicyclic) bond motifs is 3. The van der Waals surface area contributed by atoms with Gasteiger partial charge in [-0.1, -0.05) is 36.4 Å². The summed E-state index contributed by atoms with van der Waals surface area (Å²) in [6.07, 6.45) is 5.54. The van der Waals surface area contributed by atoms with Crippen LogP contribution in [0.5, 0.6) is 11.5 Å². The van der Waals surface area contributed by atoms with Gasteiger partial charge in [-0.05, 0) is 30.3 Å². The molecule has 0 aliphatic heterocycles. The Bertz CT molecular complexity index is 1260. The van der Waals surface area contributed by atoms with Gasteiger partial charge >= 0.3 is 0 Å². The van der Waals surface area contributed by atoms with Crippen LogP contribution in [0.15, 0.2) is 85.5 Å². The zero-order valence-corrected chi connectivity index (χ0v) is 14.8. The molecule has 5 rings (SSSR count). The normalized spacial score (nSPS) is 11.1. The molecule has 0 amide bonds. The number of ether oxygens (including phenoxy) is 1. The van der Waals surface area contributed by atoms with Crippen molar-refractivity contribution in [2.45, 2.75) is 0 Å². The number of para-hydroxylation sites is 2. The Labute approximate surface area is 156 Å². The molecule has 5 aromatic rings. The van der Waals surface area contributed by atoms with Gasteiger partial charge in [0.05, 0.1) is 11.0 Å². The minimum Gasteiger partial charge on any atom is -0.457 e. The van der Waals surface area contributed by atoms with Crippen molar-refractivity contribution in [3.8, 4) is 22.6 Å². The average Bonchev–Trinajstić information content (AvgIpc) is 3.11. The third-order valence-corrected chi connectivity index (χ3v) is 4.79. The topological polar surface area (TPSA) is 39.9 Å². The average molecular weight is 351 g/mol. The van der Waals surface area contributed by atoms with Crippen LogP contribution in [0.4, 0.5) is 0 Å². The van der Waals surface area contributed by atoms with Gasteiger partial charge in [-0.25, -0.2) is 9.97 Å². The molecule has 130 valence electrons. The van der Waals surface area contributed by atoms with E-state index in [-0.39, 0.29) is 0 Å². The molecule has 0 saturated heterocycles. The molecule has 0 fully saturated rings. The van der Waals surface area contributed by atoms with E-state index in [1.54, 1.807) is 6.33 Å². The molecule has 4 heteroatoms. The molecule has 0 atom stereocenters. The van der Waals surface area contributed by atoms with Gasteiger partial charge in [0.25, 0.3) is 0 Å². The lowest BCUT2D eigenvalue weighted by atomic mass is 9.99. The standard InChI is InChI=1S/C23H17N3O/c1-26-12-11-18-20-14-24-15-25-21(20)13-19(23(18)26)17-9-5-6-10-22(17)27-16-7-3-2-4-8-16/h2-15H,1H3. The summed E-state index contributed by atoms with van der Waals surface area (Å²) in [5, 5.41) is 2.19. The van der Waals surface area contributed by atoms with Crippen LogP contribution in [0, 0.1) is 0 Å². The molecule has 3 aromatic carbocycles. The molecule has 0 N–H and O–H groups in total. The van der Waals surface area contributed by atoms with Crippen molar-refractivity contribution < 1.29 is 4.74 Å². The van der Waals surface area contributed by atoms with Crippen molar-refractivity contribution in [3.05, 3.63) is 85.5 Å². The van der Waals surface area contributed by atoms with Crippen molar-refractivity contribution in [1.82, 2.24) is 14.5 Å². The summed E-state index contributed by atoms with van der Waals surface area (Å²) in [4.78, 5) is 8.68. The Hall–Kier alpha value is -3.66. The predicted molar refractivity (Wildman–Crippen MR) is 108 cm³/mol. The molecule has 4 nitrogen and oxygen atoms in total. The summed E-state index contributed by atoms with van der Waals surface area (Å²) in [6, 6.07) is 22.2. The highest BCUT2D eigenvalue weighted by atomic mass is 16.5. The highest BCUT2D eigenvalue weighted by molar-refractivity contribution is 6.11. The summed E-state index contributed by atoms with van der Waals surface area (Å²) in [7, 11) is 2.06. The van der Waals surface area contributed by atoms with Crippen LogP contribution in [0.1, 0.15) is 0 Å². The number of hydrogen-bond donors (Lipinski definition) is 0. The van der Waals surface area contributed by atoms with E-state index in [1.165, 1.54) is 0 Å². The van der Waals surface area contributed by atoms with E-state index >= 15 is 0 Å². The van der Waals surface area contributed by atoms with Crippen molar-refractivity contribution >= 4 is 21.8 Å². The van der Waals surface area contributed by atoms with E-state index in [4.69, 9.17) is 4.74 Å². The van der Waals surface area contributed by atoms with Gasteiger partial charge in [-0.2, -0.15) is 0 Å². The van der Waals surface area contributed by atoms with Gasteiger partial charge in [0.15, 0.2) is 0 Å². The molecule has 0 spiro atoms. The lowest BCUT2D eigenvalue weighted by Crippen LogP contribution is -1.93. The van der Waals surface area contributed by atoms with Gasteiger partial charge < -0.3 is 9.30 Å². The van der Waals surface area contributed by atoms with Crippen LogP contribution in [-0.2, 0) is 7.05 Å². The van der Waals surface area contributed by atoms with Crippen molar-refractivity contribution in [2.75, 3.05) is 0 Å². The molecule has 0 bridgehead atoms. The van der Waals surface area contributed by atoms with Gasteiger partial charge in [0, 0.05) is 41.3 Å². The largest absolute Gasteiger partial charge is 0.457 e. The Morgan fingerprint density at radius 3 is 2.56 bits per heavy atom. The lowest BCUT2D eigenvalue weighted by Gasteiger charge is -2.14. The van der Waals surface area contributed by atoms with Crippen LogP contribution < -0.4 is 4.74 Å². The van der Waals surface area contributed by atoms with E-state index in [0.717, 1.165) is 44.4 Å². The molecular weight excluding hydrogens is 334 g/mol. The fourth-order valence-electron chi connectivity index (χ4n) is 3.55. The molecule has 2 heterocycles. The van der Waals surface area contributed by atoms with E-state index in [2.05, 4.69) is 46.0 Å². The van der Waals surface area contributed by atoms with Crippen molar-refractivity contribution in [1.29, 1.82) is 0 Å². The molecule has 27 heavy (non-hydrogen) atoms. The minimum atomic E-state index is 0.816. The van der Waals surface area contributed by atoms with Crippen LogP contribution in [0.3, 0.4) is 0 Å². The number of aromatic nitrogens is 3. The summed E-state index contributed by atoms with van der Waals surface area (Å²) in [5.41, 5.74) is 4.19. The maximum Gasteiger partial charge on any atom is 0.135 e. The van der Waals surface area contributed by atoms with E-state index in [0.29, 0.717) is 0 Å². The minimum absolute atomic E-state index is 0.816. The third kappa shape index (κ3) is 2.62. The van der Waals surface area contributed by atoms with Crippen LogP contribution in [-0.4, -0.2) is 14.5 Å². The number of rotatable bonds is 3. The van der Waals surface area contributed by atoms with Crippen LogP contribution in [0.25, 0.3) is 32.9 Å². The Morgan fingerprint density at radius 1 is 0.852 bits per heavy atom. The Balaban J connectivity index is 1.77. The van der Waals surface area contributed by atoms with Gasteiger partial charge in [-0.3, -0.25) is 0 Å². The fourth-order valence-corrected chi connectivity index (χ4v) is 3.55. The van der Waals surface area contributed by atoms with Gasteiger partial charge in [0.1, 0.15) is 17.8 Å². The van der Waals surface area contributed by atoms with E-state index < -0.39 is 0 Å². The lowest BCUT2D eigenvalue weighted by molar-refractivity contribution is 0.484. The Morgan fingerprint density at radius 2 is 1.67 bits per heavy atom. The highest BCUT2D eigenvalue weighted by Crippen LogP contribution is 2.39. The van der Waals surface area contributed by atoms with E-state index in [9.17, 15) is 0 Å². The first-order valence-electron chi connectivity index (χ1n) is 8.81. The first-order chi connectivity index (χ1) is 13.3. The summed E-state index contributed by atoms with van der Waals surface area (Å²) in [5.74, 6) is 1.63. The van der Waals surface area contributed by atoms with Crippen LogP contribution >= 0.6 is 0 Å². The zero-order valence-electron chi connectivity index (χ0n) is 14.8. The zero-order chi connectivity index (χ0) is 18.2. The number of nitrogens with zero attached hydrogens (tertiary/aromatic N) is 3. The molecule has 0 unspecified atom stereocenters. The maximum atomic E-state index is 6.20. The highest BCUT2D eigenvalue weighted by Gasteiger charge is 2.15. The quantitative estimate of drug-likeness (QED) is 0.426. The van der Waals surface area contributed by atoms with Crippen molar-refractivity contribution in [3.63, 3.8) is 0 Å². The first kappa shape index (κ1) is 15.6. The third-order valence-electron chi connectivity index (χ3n) is 4.79. The van der Waals surface area contributed by atoms with Gasteiger partial charge in [0.2, 0.25) is 0 Å². The molecule has 0 radical (unpaired) electrons. The summed E-state index contributed by atoms with van der Waals surface area (Å²) in [6.45, 7) is 0. The second-order valence-electron chi connectivity index (χ2n) is 6.48. The summed E-state index contributed by atoms with van der Waals surface area (Å²) >= 11 is 0. The SMILES string of the molecule is Cn1ccc2c3cncnc3cc(-c3ccccc3Oc3ccccc3)c21. The number of benzene rings is 3. The molecule has 0 saturated carbocycles. The summed E-state index contributed by atoms with van der Waals surface area (Å²) < 4.78 is 8.33. The fraction of sp³-hybridized carbons (Fsp3) is 0.0435. The molecule has 0 aliphatic carbocycles. The monoisotopic (exact) mass is 351 g/mol. The maximum absolute atomic E-state index is 6.20. The van der Waals surface area contributed by atoms with E-state index in [1.807, 2.05) is 54.7 Å². The van der Waals surface area contributed by atoms with Crippen LogP contribution in [0.2, 0.25) is 0 Å². The predicted octanol–water partition coefficient (Wildman–Crippen LogP) is 5.58. The number of aryl methyl sites for hydroxylation is 1. The smallest absolute Gasteiger partial charge is 0.135 e. The second-order valence-corrected chi connectivity index (χ2v) is 6.48. The second kappa shape index (κ2) is 6.25. The van der Waals surface area contributed by atoms with Crippen molar-refractivity contribution in [2.24, 2.45) is 7.05 Å². The Kier molecular flexibility index (Phi) is 3.61. The molecule has 0 aliphatic rings. The number of hydrogen-bond acceptors (Lipinski definition) is 3.